The summed E-state index contributed by atoms with van der Waals surface area (Å²) in [6.45, 7) is 26.4. The Labute approximate surface area is 269 Å². The molecule has 4 nitrogen and oxygen atoms in total. The standard InChI is InChI=1S/C42H44N2O2/c1-39(2,3)21-13-25-26-14-22(40(4,5)6)19-31-34(26)44-36-28(16-24(42(10,11)12)20-32(36)38(31)46)27-15-23(41(7,8)9)18-30-35(27)43(44)33(25)29(17-21)37(30)45/h13-20H,1-12H3. The van der Waals surface area contributed by atoms with E-state index in [1.807, 2.05) is 0 Å². The Morgan fingerprint density at radius 2 is 0.500 bits per heavy atom. The third kappa shape index (κ3) is 3.67. The first-order valence-electron chi connectivity index (χ1n) is 16.6. The first-order valence-corrected chi connectivity index (χ1v) is 16.6. The van der Waals surface area contributed by atoms with Crippen molar-refractivity contribution in [1.82, 2.24) is 9.03 Å². The topological polar surface area (TPSA) is 43.0 Å². The lowest BCUT2D eigenvalue weighted by Gasteiger charge is -2.30. The number of hydrogen-bond donors (Lipinski definition) is 0. The largest absolute Gasteiger partial charge is 0.288 e. The van der Waals surface area contributed by atoms with Crippen molar-refractivity contribution in [2.45, 2.75) is 105 Å². The van der Waals surface area contributed by atoms with Gasteiger partial charge in [-0.3, -0.25) is 9.59 Å². The first-order chi connectivity index (χ1) is 21.2. The van der Waals surface area contributed by atoms with Crippen LogP contribution in [0.3, 0.4) is 0 Å². The molecule has 0 amide bonds. The Morgan fingerprint density at radius 3 is 0.674 bits per heavy atom. The minimum atomic E-state index is -0.176. The van der Waals surface area contributed by atoms with E-state index in [0.717, 1.165) is 87.4 Å². The summed E-state index contributed by atoms with van der Waals surface area (Å²) in [5.74, 6) is 0. The lowest BCUT2D eigenvalue weighted by atomic mass is 9.81. The molecule has 0 N–H and O–H groups in total. The third-order valence-electron chi connectivity index (χ3n) is 10.5. The van der Waals surface area contributed by atoms with Gasteiger partial charge >= 0.3 is 0 Å². The number of nitrogens with zero attached hydrogens (tertiary/aromatic N) is 2. The van der Waals surface area contributed by atoms with Crippen LogP contribution in [0.15, 0.2) is 58.1 Å². The highest BCUT2D eigenvalue weighted by molar-refractivity contribution is 6.24. The van der Waals surface area contributed by atoms with Crippen LogP contribution in [0.5, 0.6) is 0 Å². The van der Waals surface area contributed by atoms with Crippen LogP contribution in [-0.2, 0) is 21.7 Å². The predicted molar refractivity (Wildman–Crippen MR) is 197 cm³/mol. The molecule has 4 heteroatoms. The molecule has 8 rings (SSSR count). The molecule has 0 saturated carbocycles. The molecule has 8 aromatic rings. The van der Waals surface area contributed by atoms with Crippen LogP contribution in [0.2, 0.25) is 0 Å². The van der Waals surface area contributed by atoms with Crippen molar-refractivity contribution in [3.05, 3.63) is 91.2 Å². The minimum Gasteiger partial charge on any atom is -0.288 e. The van der Waals surface area contributed by atoms with E-state index in [1.54, 1.807) is 0 Å². The van der Waals surface area contributed by atoms with E-state index < -0.39 is 0 Å². The average molecular weight is 609 g/mol. The Kier molecular flexibility index (Phi) is 5.33. The van der Waals surface area contributed by atoms with E-state index in [9.17, 15) is 9.59 Å². The van der Waals surface area contributed by atoms with Crippen molar-refractivity contribution < 1.29 is 0 Å². The summed E-state index contributed by atoms with van der Waals surface area (Å²) in [5, 5.41) is 7.02. The fourth-order valence-electron chi connectivity index (χ4n) is 7.61. The summed E-state index contributed by atoms with van der Waals surface area (Å²) in [6.07, 6.45) is 0. The molecule has 0 aliphatic heterocycles. The fraction of sp³-hybridized carbons (Fsp3) is 0.381. The van der Waals surface area contributed by atoms with E-state index in [0.29, 0.717) is 0 Å². The average Bonchev–Trinajstić information content (AvgIpc) is 2.95. The molecule has 4 aromatic carbocycles. The van der Waals surface area contributed by atoms with E-state index >= 15 is 0 Å². The van der Waals surface area contributed by atoms with Gasteiger partial charge in [0.1, 0.15) is 0 Å². The number of aromatic nitrogens is 2. The molecule has 4 aromatic heterocycles. The summed E-state index contributed by atoms with van der Waals surface area (Å²) < 4.78 is 4.57. The van der Waals surface area contributed by atoms with Gasteiger partial charge in [0.25, 0.3) is 0 Å². The SMILES string of the molecule is CC(C)(C)c1cc2c(=O)c3cc(C(C)(C)C)cc4c5cc(C(C)(C)C)cc6c(=O)c7cc(C(C)(C)C)cc8c(c1)c2n(c34)n(c78)c65. The van der Waals surface area contributed by atoms with Crippen molar-refractivity contribution in [2.75, 3.05) is 0 Å². The van der Waals surface area contributed by atoms with Gasteiger partial charge in [0.05, 0.1) is 22.1 Å². The summed E-state index contributed by atoms with van der Waals surface area (Å²) >= 11 is 0. The molecule has 0 unspecified atom stereocenters. The molecule has 46 heavy (non-hydrogen) atoms. The molecular weight excluding hydrogens is 564 g/mol. The zero-order valence-corrected chi connectivity index (χ0v) is 29.3. The monoisotopic (exact) mass is 608 g/mol. The zero-order chi connectivity index (χ0) is 33.2. The van der Waals surface area contributed by atoms with E-state index in [4.69, 9.17) is 0 Å². The Hall–Kier alpha value is -4.18. The molecule has 0 aliphatic carbocycles. The molecule has 4 heterocycles. The highest BCUT2D eigenvalue weighted by Gasteiger charge is 2.30. The van der Waals surface area contributed by atoms with Crippen LogP contribution in [0, 0.1) is 0 Å². The molecule has 0 radical (unpaired) electrons. The van der Waals surface area contributed by atoms with Gasteiger partial charge in [0, 0.05) is 43.1 Å². The van der Waals surface area contributed by atoms with Crippen LogP contribution >= 0.6 is 0 Å². The second kappa shape index (κ2) is 8.39. The maximum atomic E-state index is 14.9. The Balaban J connectivity index is 1.84. The Morgan fingerprint density at radius 1 is 0.326 bits per heavy atom. The van der Waals surface area contributed by atoms with Crippen molar-refractivity contribution in [1.29, 1.82) is 0 Å². The number of benzene rings is 4. The van der Waals surface area contributed by atoms with E-state index in [2.05, 4.69) is 141 Å². The summed E-state index contributed by atoms with van der Waals surface area (Å²) in [5.41, 5.74) is 7.58. The number of hydrogen-bond acceptors (Lipinski definition) is 2. The highest BCUT2D eigenvalue weighted by atomic mass is 16.1. The molecule has 234 valence electrons. The highest BCUT2D eigenvalue weighted by Crippen LogP contribution is 2.44. The molecule has 0 atom stereocenters. The number of fused-ring (bicyclic) bond motifs is 2. The van der Waals surface area contributed by atoms with E-state index in [1.165, 1.54) is 0 Å². The minimum absolute atomic E-state index is 0.0698. The molecule has 0 fully saturated rings. The van der Waals surface area contributed by atoms with Crippen molar-refractivity contribution in [2.24, 2.45) is 0 Å². The van der Waals surface area contributed by atoms with Crippen molar-refractivity contribution in [3.8, 4) is 0 Å². The summed E-state index contributed by atoms with van der Waals surface area (Å²) in [7, 11) is 0. The number of rotatable bonds is 0. The molecule has 0 aliphatic rings. The predicted octanol–water partition coefficient (Wildman–Crippen LogP) is 10.2. The van der Waals surface area contributed by atoms with Gasteiger partial charge in [-0.15, -0.1) is 0 Å². The fourth-order valence-corrected chi connectivity index (χ4v) is 7.61. The van der Waals surface area contributed by atoms with Gasteiger partial charge in [-0.25, -0.2) is 9.03 Å². The third-order valence-corrected chi connectivity index (χ3v) is 10.5. The van der Waals surface area contributed by atoms with Gasteiger partial charge in [-0.1, -0.05) is 83.1 Å². The smallest absolute Gasteiger partial charge is 0.197 e. The summed E-state index contributed by atoms with van der Waals surface area (Å²) in [6, 6.07) is 17.6. The number of pyridine rings is 2. The summed E-state index contributed by atoms with van der Waals surface area (Å²) in [4.78, 5) is 29.8. The molecule has 0 spiro atoms. The Bertz CT molecular complexity index is 2330. The maximum Gasteiger partial charge on any atom is 0.197 e. The second-order valence-corrected chi connectivity index (χ2v) is 18.0. The van der Waals surface area contributed by atoms with Crippen LogP contribution in [0.1, 0.15) is 105 Å². The van der Waals surface area contributed by atoms with E-state index in [-0.39, 0.29) is 32.5 Å². The lowest BCUT2D eigenvalue weighted by Crippen LogP contribution is -2.23. The van der Waals surface area contributed by atoms with Crippen molar-refractivity contribution >= 4 is 65.2 Å². The quantitative estimate of drug-likeness (QED) is 0.127. The van der Waals surface area contributed by atoms with Gasteiger partial charge in [-0.05, 0) is 92.4 Å². The lowest BCUT2D eigenvalue weighted by molar-refractivity contribution is 0.590. The van der Waals surface area contributed by atoms with Gasteiger partial charge in [0.15, 0.2) is 10.9 Å². The van der Waals surface area contributed by atoms with Gasteiger partial charge < -0.3 is 0 Å². The van der Waals surface area contributed by atoms with Crippen LogP contribution in [-0.4, -0.2) is 9.03 Å². The molecule has 0 saturated heterocycles. The van der Waals surface area contributed by atoms with Crippen LogP contribution in [0.25, 0.3) is 65.2 Å². The first kappa shape index (κ1) is 29.2. The van der Waals surface area contributed by atoms with Crippen LogP contribution in [0.4, 0.5) is 0 Å². The molecular formula is C42H44N2O2. The van der Waals surface area contributed by atoms with Gasteiger partial charge in [-0.2, -0.15) is 0 Å². The molecule has 0 bridgehead atoms. The van der Waals surface area contributed by atoms with Crippen LogP contribution < -0.4 is 10.9 Å². The van der Waals surface area contributed by atoms with Crippen molar-refractivity contribution in [3.63, 3.8) is 0 Å². The normalized spacial score (nSPS) is 14.3. The maximum absolute atomic E-state index is 14.9. The zero-order valence-electron chi connectivity index (χ0n) is 29.3. The second-order valence-electron chi connectivity index (χ2n) is 18.0. The van der Waals surface area contributed by atoms with Gasteiger partial charge in [0.2, 0.25) is 0 Å².